The minimum atomic E-state index is -4.33. The van der Waals surface area contributed by atoms with E-state index < -0.39 is 11.7 Å². The van der Waals surface area contributed by atoms with Crippen LogP contribution in [0.1, 0.15) is 36.0 Å². The Bertz CT molecular complexity index is 1050. The molecule has 6 nitrogen and oxygen atoms in total. The zero-order valence-corrected chi connectivity index (χ0v) is 19.7. The van der Waals surface area contributed by atoms with Crippen LogP contribution in [0.3, 0.4) is 0 Å². The third kappa shape index (κ3) is 6.97. The summed E-state index contributed by atoms with van der Waals surface area (Å²) in [5.41, 5.74) is 3.03. The van der Waals surface area contributed by atoms with Gasteiger partial charge in [0.2, 0.25) is 11.8 Å². The third-order valence-electron chi connectivity index (χ3n) is 6.55. The Morgan fingerprint density at radius 3 is 2.60 bits per heavy atom. The van der Waals surface area contributed by atoms with Crippen molar-refractivity contribution in [2.45, 2.75) is 38.3 Å². The molecule has 2 aliphatic heterocycles. The van der Waals surface area contributed by atoms with Crippen molar-refractivity contribution in [3.05, 3.63) is 59.2 Å². The zero-order chi connectivity index (χ0) is 24.8. The van der Waals surface area contributed by atoms with Crippen LogP contribution < -0.4 is 15.5 Å². The molecule has 0 spiro atoms. The molecule has 2 aliphatic rings. The number of carbonyl (C=O) groups excluding carboxylic acids is 2. The number of rotatable bonds is 9. The SMILES string of the molecule is O=C(CCCc1ccc2c(c1)CC(=O)N2)NCCCN1CCN(c2cccc(C(F)(F)F)c2)CC1. The number of alkyl halides is 3. The molecule has 4 rings (SSSR count). The molecule has 2 amide bonds. The van der Waals surface area contributed by atoms with Crippen molar-refractivity contribution in [3.63, 3.8) is 0 Å². The number of anilines is 2. The van der Waals surface area contributed by atoms with Gasteiger partial charge in [0, 0.05) is 50.5 Å². The van der Waals surface area contributed by atoms with Gasteiger partial charge in [-0.05, 0) is 61.2 Å². The van der Waals surface area contributed by atoms with Crippen LogP contribution in [-0.2, 0) is 28.6 Å². The minimum Gasteiger partial charge on any atom is -0.369 e. The molecule has 0 unspecified atom stereocenters. The molecular formula is C26H31F3N4O2. The van der Waals surface area contributed by atoms with Gasteiger partial charge in [0.15, 0.2) is 0 Å². The fourth-order valence-corrected chi connectivity index (χ4v) is 4.62. The molecule has 2 aromatic carbocycles. The number of nitrogens with zero attached hydrogens (tertiary/aromatic N) is 2. The maximum atomic E-state index is 13.0. The summed E-state index contributed by atoms with van der Waals surface area (Å²) in [7, 11) is 0. The number of fused-ring (bicyclic) bond motifs is 1. The summed E-state index contributed by atoms with van der Waals surface area (Å²) >= 11 is 0. The fraction of sp³-hybridized carbons (Fsp3) is 0.462. The van der Waals surface area contributed by atoms with Crippen molar-refractivity contribution in [2.24, 2.45) is 0 Å². The lowest BCUT2D eigenvalue weighted by atomic mass is 10.0. The topological polar surface area (TPSA) is 64.7 Å². The summed E-state index contributed by atoms with van der Waals surface area (Å²) in [5.74, 6) is 0.0616. The first-order chi connectivity index (χ1) is 16.8. The Morgan fingerprint density at radius 1 is 1.03 bits per heavy atom. The van der Waals surface area contributed by atoms with Gasteiger partial charge in [-0.3, -0.25) is 14.5 Å². The molecular weight excluding hydrogens is 457 g/mol. The number of nitrogens with one attached hydrogen (secondary N) is 2. The van der Waals surface area contributed by atoms with Crippen LogP contribution in [-0.4, -0.2) is 56.0 Å². The van der Waals surface area contributed by atoms with E-state index in [1.54, 1.807) is 6.07 Å². The second kappa shape index (κ2) is 11.1. The molecule has 9 heteroatoms. The van der Waals surface area contributed by atoms with E-state index in [0.717, 1.165) is 61.8 Å². The summed E-state index contributed by atoms with van der Waals surface area (Å²) in [6.07, 6.45) is -1.06. The van der Waals surface area contributed by atoms with Crippen LogP contribution in [0.4, 0.5) is 24.5 Å². The Morgan fingerprint density at radius 2 is 1.83 bits per heavy atom. The number of amides is 2. The van der Waals surface area contributed by atoms with Gasteiger partial charge in [0.1, 0.15) is 0 Å². The normalized spacial score (nSPS) is 16.2. The highest BCUT2D eigenvalue weighted by Crippen LogP contribution is 2.32. The highest BCUT2D eigenvalue weighted by molar-refractivity contribution is 5.99. The lowest BCUT2D eigenvalue weighted by Gasteiger charge is -2.36. The molecule has 35 heavy (non-hydrogen) atoms. The maximum absolute atomic E-state index is 13.0. The maximum Gasteiger partial charge on any atom is 0.416 e. The van der Waals surface area contributed by atoms with Crippen molar-refractivity contribution in [1.82, 2.24) is 10.2 Å². The molecule has 2 heterocycles. The highest BCUT2D eigenvalue weighted by Gasteiger charge is 2.31. The van der Waals surface area contributed by atoms with Crippen molar-refractivity contribution >= 4 is 23.2 Å². The van der Waals surface area contributed by atoms with Crippen LogP contribution in [0.25, 0.3) is 0 Å². The summed E-state index contributed by atoms with van der Waals surface area (Å²) in [6.45, 7) is 4.39. The summed E-state index contributed by atoms with van der Waals surface area (Å²) in [6, 6.07) is 11.5. The van der Waals surface area contributed by atoms with Crippen LogP contribution in [0.5, 0.6) is 0 Å². The average molecular weight is 489 g/mol. The summed E-state index contributed by atoms with van der Waals surface area (Å²) in [5, 5.41) is 5.80. The van der Waals surface area contributed by atoms with E-state index in [0.29, 0.717) is 38.2 Å². The number of hydrogen-bond donors (Lipinski definition) is 2. The Labute approximate surface area is 203 Å². The Hall–Kier alpha value is -3.07. The molecule has 0 aliphatic carbocycles. The number of aryl methyl sites for hydroxylation is 1. The van der Waals surface area contributed by atoms with Gasteiger partial charge >= 0.3 is 6.18 Å². The van der Waals surface area contributed by atoms with Gasteiger partial charge in [-0.15, -0.1) is 0 Å². The average Bonchev–Trinajstić information content (AvgIpc) is 3.21. The monoisotopic (exact) mass is 488 g/mol. The first kappa shape index (κ1) is 25.0. The highest BCUT2D eigenvalue weighted by atomic mass is 19.4. The molecule has 188 valence electrons. The molecule has 0 saturated carbocycles. The lowest BCUT2D eigenvalue weighted by molar-refractivity contribution is -0.137. The Kier molecular flexibility index (Phi) is 7.95. The fourth-order valence-electron chi connectivity index (χ4n) is 4.62. The molecule has 2 N–H and O–H groups in total. The zero-order valence-electron chi connectivity index (χ0n) is 19.7. The molecule has 1 saturated heterocycles. The van der Waals surface area contributed by atoms with Gasteiger partial charge in [-0.25, -0.2) is 0 Å². The number of hydrogen-bond acceptors (Lipinski definition) is 4. The van der Waals surface area contributed by atoms with Crippen molar-refractivity contribution in [2.75, 3.05) is 49.5 Å². The van der Waals surface area contributed by atoms with Crippen LogP contribution >= 0.6 is 0 Å². The second-order valence-electron chi connectivity index (χ2n) is 9.15. The quantitative estimate of drug-likeness (QED) is 0.527. The molecule has 0 radical (unpaired) electrons. The van der Waals surface area contributed by atoms with E-state index in [9.17, 15) is 22.8 Å². The smallest absolute Gasteiger partial charge is 0.369 e. The number of halogens is 3. The Balaban J connectivity index is 1.09. The second-order valence-corrected chi connectivity index (χ2v) is 9.15. The third-order valence-corrected chi connectivity index (χ3v) is 6.55. The van der Waals surface area contributed by atoms with Crippen molar-refractivity contribution < 1.29 is 22.8 Å². The van der Waals surface area contributed by atoms with Gasteiger partial charge in [0.25, 0.3) is 0 Å². The molecule has 2 aromatic rings. The van der Waals surface area contributed by atoms with Crippen LogP contribution in [0.2, 0.25) is 0 Å². The molecule has 1 fully saturated rings. The van der Waals surface area contributed by atoms with E-state index in [-0.39, 0.29) is 11.8 Å². The number of benzene rings is 2. The summed E-state index contributed by atoms with van der Waals surface area (Å²) in [4.78, 5) is 27.9. The van der Waals surface area contributed by atoms with Crippen LogP contribution in [0.15, 0.2) is 42.5 Å². The first-order valence-corrected chi connectivity index (χ1v) is 12.1. The molecule has 0 aromatic heterocycles. The lowest BCUT2D eigenvalue weighted by Crippen LogP contribution is -2.47. The van der Waals surface area contributed by atoms with Crippen molar-refractivity contribution in [1.29, 1.82) is 0 Å². The van der Waals surface area contributed by atoms with E-state index in [4.69, 9.17) is 0 Å². The predicted molar refractivity (Wildman–Crippen MR) is 129 cm³/mol. The van der Waals surface area contributed by atoms with E-state index in [1.165, 1.54) is 12.1 Å². The first-order valence-electron chi connectivity index (χ1n) is 12.1. The minimum absolute atomic E-state index is 0.0223. The predicted octanol–water partition coefficient (Wildman–Crippen LogP) is 3.85. The van der Waals surface area contributed by atoms with Gasteiger partial charge < -0.3 is 15.5 Å². The summed E-state index contributed by atoms with van der Waals surface area (Å²) < 4.78 is 38.9. The van der Waals surface area contributed by atoms with E-state index in [2.05, 4.69) is 15.5 Å². The van der Waals surface area contributed by atoms with E-state index in [1.807, 2.05) is 23.1 Å². The van der Waals surface area contributed by atoms with E-state index >= 15 is 0 Å². The number of piperazine rings is 1. The number of carbonyl (C=O) groups is 2. The van der Waals surface area contributed by atoms with Gasteiger partial charge in [0.05, 0.1) is 12.0 Å². The van der Waals surface area contributed by atoms with Crippen LogP contribution in [0, 0.1) is 0 Å². The standard InChI is InChI=1S/C26H31F3N4O2/c27-26(28,29)21-5-2-6-22(18-21)33-14-12-32(13-15-33)11-3-10-30-24(34)7-1-4-19-8-9-23-20(16-19)17-25(35)31-23/h2,5-6,8-9,16,18H,1,3-4,7,10-15,17H2,(H,30,34)(H,31,35). The molecule has 0 bridgehead atoms. The van der Waals surface area contributed by atoms with Gasteiger partial charge in [-0.1, -0.05) is 18.2 Å². The van der Waals surface area contributed by atoms with Gasteiger partial charge in [-0.2, -0.15) is 13.2 Å². The largest absolute Gasteiger partial charge is 0.416 e. The van der Waals surface area contributed by atoms with Crippen molar-refractivity contribution in [3.8, 4) is 0 Å². The molecule has 0 atom stereocenters.